The van der Waals surface area contributed by atoms with E-state index < -0.39 is 10.1 Å². The van der Waals surface area contributed by atoms with Gasteiger partial charge in [-0.25, -0.2) is 17.6 Å². The number of benzene rings is 1. The highest BCUT2D eigenvalue weighted by Crippen LogP contribution is 2.08. The number of rotatable bonds is 3. The van der Waals surface area contributed by atoms with Gasteiger partial charge in [-0.1, -0.05) is 17.7 Å². The fraction of sp³-hybridized carbons (Fsp3) is 0.308. The van der Waals surface area contributed by atoms with Crippen LogP contribution in [0, 0.1) is 6.92 Å². The number of hydrogen-bond acceptors (Lipinski definition) is 4. The summed E-state index contributed by atoms with van der Waals surface area (Å²) in [5.41, 5.74) is 0.928. The van der Waals surface area contributed by atoms with Gasteiger partial charge in [0.1, 0.15) is 29.1 Å². The Morgan fingerprint density at radius 3 is 2.30 bits per heavy atom. The van der Waals surface area contributed by atoms with Crippen LogP contribution in [0.15, 0.2) is 47.9 Å². The highest BCUT2D eigenvalue weighted by Gasteiger charge is 1.98. The van der Waals surface area contributed by atoms with Gasteiger partial charge in [0.15, 0.2) is 0 Å². The molecule has 0 aliphatic carbocycles. The first-order chi connectivity index (χ1) is 9.32. The van der Waals surface area contributed by atoms with E-state index in [0.29, 0.717) is 6.54 Å². The van der Waals surface area contributed by atoms with Crippen LogP contribution in [-0.4, -0.2) is 29.3 Å². The molecule has 2 aromatic rings. The van der Waals surface area contributed by atoms with Crippen molar-refractivity contribution >= 4 is 10.1 Å². The molecule has 110 valence electrons. The van der Waals surface area contributed by atoms with Gasteiger partial charge in [-0.05, 0) is 19.1 Å². The molecule has 20 heavy (non-hydrogen) atoms. The molecular formula is C13H18N2O4S. The molecule has 0 bridgehead atoms. The maximum atomic E-state index is 10.4. The number of aliphatic hydroxyl groups is 1. The zero-order valence-corrected chi connectivity index (χ0v) is 12.2. The van der Waals surface area contributed by atoms with Gasteiger partial charge in [-0.2, -0.15) is 0 Å². The van der Waals surface area contributed by atoms with Crippen LogP contribution >= 0.6 is 0 Å². The Labute approximate surface area is 118 Å². The van der Waals surface area contributed by atoms with Crippen molar-refractivity contribution in [3.63, 3.8) is 0 Å². The highest BCUT2D eigenvalue weighted by molar-refractivity contribution is 7.85. The molecule has 2 rings (SSSR count). The minimum absolute atomic E-state index is 0.178. The van der Waals surface area contributed by atoms with E-state index in [0.717, 1.165) is 5.56 Å². The minimum atomic E-state index is -4.27. The van der Waals surface area contributed by atoms with Gasteiger partial charge in [0.2, 0.25) is 6.33 Å². The molecule has 7 heteroatoms. The monoisotopic (exact) mass is 298 g/mol. The minimum Gasteiger partial charge on any atom is -0.744 e. The van der Waals surface area contributed by atoms with Crippen LogP contribution in [0.25, 0.3) is 0 Å². The molecule has 0 saturated carbocycles. The Morgan fingerprint density at radius 1 is 1.30 bits per heavy atom. The van der Waals surface area contributed by atoms with Gasteiger partial charge < -0.3 is 9.66 Å². The molecule has 0 aliphatic rings. The number of aliphatic hydroxyl groups excluding tert-OH is 1. The van der Waals surface area contributed by atoms with E-state index in [1.54, 1.807) is 12.1 Å². The predicted octanol–water partition coefficient (Wildman–Crippen LogP) is 0.204. The van der Waals surface area contributed by atoms with Crippen molar-refractivity contribution in [1.29, 1.82) is 0 Å². The molecule has 0 fully saturated rings. The second-order valence-corrected chi connectivity index (χ2v) is 5.69. The Bertz CT molecular complexity index is 633. The Kier molecular flexibility index (Phi) is 5.87. The number of aryl methyl sites for hydroxylation is 2. The molecule has 0 spiro atoms. The second kappa shape index (κ2) is 7.18. The van der Waals surface area contributed by atoms with Gasteiger partial charge in [-0.3, -0.25) is 0 Å². The van der Waals surface area contributed by atoms with Crippen molar-refractivity contribution in [2.45, 2.75) is 18.4 Å². The zero-order chi connectivity index (χ0) is 15.2. The molecule has 1 aromatic carbocycles. The van der Waals surface area contributed by atoms with Gasteiger partial charge in [-0.15, -0.1) is 0 Å². The molecule has 0 saturated heterocycles. The summed E-state index contributed by atoms with van der Waals surface area (Å²) in [4.78, 5) is -0.178. The summed E-state index contributed by atoms with van der Waals surface area (Å²) in [6, 6.07) is 5.78. The Hall–Kier alpha value is -1.70. The van der Waals surface area contributed by atoms with E-state index >= 15 is 0 Å². The number of aromatic nitrogens is 2. The normalized spacial score (nSPS) is 10.8. The van der Waals surface area contributed by atoms with Gasteiger partial charge >= 0.3 is 0 Å². The lowest BCUT2D eigenvalue weighted by atomic mass is 10.2. The molecule has 0 amide bonds. The van der Waals surface area contributed by atoms with Crippen molar-refractivity contribution in [2.24, 2.45) is 7.05 Å². The van der Waals surface area contributed by atoms with Crippen molar-refractivity contribution in [2.75, 3.05) is 6.61 Å². The largest absolute Gasteiger partial charge is 0.744 e. The standard InChI is InChI=1S/C7H8O3S.C6H11N2O/c1-6-2-4-7(5-3-6)11(8,9)10;1-7-2-3-8(6-7)4-5-9/h2-5H,1H3,(H,8,9,10);2-3,6,9H,4-5H2,1H3/q;+1/p-1. The second-order valence-electron chi connectivity index (χ2n) is 4.31. The van der Waals surface area contributed by atoms with E-state index in [1.807, 2.05) is 41.8 Å². The van der Waals surface area contributed by atoms with E-state index in [9.17, 15) is 13.0 Å². The zero-order valence-electron chi connectivity index (χ0n) is 11.4. The van der Waals surface area contributed by atoms with E-state index in [4.69, 9.17) is 5.11 Å². The molecular weight excluding hydrogens is 280 g/mol. The van der Waals surface area contributed by atoms with Gasteiger partial charge in [0.25, 0.3) is 0 Å². The quantitative estimate of drug-likeness (QED) is 0.648. The lowest BCUT2D eigenvalue weighted by Gasteiger charge is -2.05. The molecule has 1 aromatic heterocycles. The summed E-state index contributed by atoms with van der Waals surface area (Å²) in [7, 11) is -2.32. The van der Waals surface area contributed by atoms with Gasteiger partial charge in [0, 0.05) is 0 Å². The first kappa shape index (κ1) is 16.4. The molecule has 6 nitrogen and oxygen atoms in total. The Morgan fingerprint density at radius 2 is 1.90 bits per heavy atom. The predicted molar refractivity (Wildman–Crippen MR) is 71.8 cm³/mol. The number of nitrogens with zero attached hydrogens (tertiary/aromatic N) is 2. The van der Waals surface area contributed by atoms with Crippen LogP contribution in [-0.2, 0) is 23.7 Å². The van der Waals surface area contributed by atoms with Crippen molar-refractivity contribution in [3.05, 3.63) is 48.5 Å². The Balaban J connectivity index is 0.000000204. The number of imidazole rings is 1. The average molecular weight is 298 g/mol. The number of hydrogen-bond donors (Lipinski definition) is 1. The van der Waals surface area contributed by atoms with Crippen LogP contribution in [0.3, 0.4) is 0 Å². The lowest BCUT2D eigenvalue weighted by Crippen LogP contribution is -2.23. The SMILES string of the molecule is C[n+]1ccn(CCO)c1.Cc1ccc(S(=O)(=O)[O-])cc1. The first-order valence-corrected chi connectivity index (χ1v) is 7.38. The summed E-state index contributed by atoms with van der Waals surface area (Å²) in [5, 5.41) is 8.50. The van der Waals surface area contributed by atoms with Crippen LogP contribution in [0.4, 0.5) is 0 Å². The highest BCUT2D eigenvalue weighted by atomic mass is 32.2. The molecule has 0 aliphatic heterocycles. The van der Waals surface area contributed by atoms with Crippen LogP contribution < -0.4 is 4.57 Å². The third-order valence-electron chi connectivity index (χ3n) is 2.49. The summed E-state index contributed by atoms with van der Waals surface area (Å²) in [6.45, 7) is 2.71. The molecule has 1 heterocycles. The van der Waals surface area contributed by atoms with Crippen molar-refractivity contribution in [3.8, 4) is 0 Å². The van der Waals surface area contributed by atoms with E-state index in [-0.39, 0.29) is 11.5 Å². The molecule has 0 atom stereocenters. The van der Waals surface area contributed by atoms with Gasteiger partial charge in [0.05, 0.1) is 18.6 Å². The van der Waals surface area contributed by atoms with Crippen LogP contribution in [0.5, 0.6) is 0 Å². The van der Waals surface area contributed by atoms with E-state index in [2.05, 4.69) is 0 Å². The summed E-state index contributed by atoms with van der Waals surface area (Å²) in [5.74, 6) is 0. The summed E-state index contributed by atoms with van der Waals surface area (Å²) >= 11 is 0. The smallest absolute Gasteiger partial charge is 0.243 e. The van der Waals surface area contributed by atoms with Crippen molar-refractivity contribution in [1.82, 2.24) is 4.57 Å². The average Bonchev–Trinajstić information content (AvgIpc) is 2.76. The molecule has 0 unspecified atom stereocenters. The maximum absolute atomic E-state index is 10.4. The van der Waals surface area contributed by atoms with Crippen molar-refractivity contribution < 1.29 is 22.6 Å². The fourth-order valence-electron chi connectivity index (χ4n) is 1.45. The topological polar surface area (TPSA) is 86.2 Å². The van der Waals surface area contributed by atoms with Crippen LogP contribution in [0.1, 0.15) is 5.56 Å². The van der Waals surface area contributed by atoms with E-state index in [1.165, 1.54) is 12.1 Å². The lowest BCUT2D eigenvalue weighted by molar-refractivity contribution is -0.671. The summed E-state index contributed by atoms with van der Waals surface area (Å²) < 4.78 is 35.0. The first-order valence-electron chi connectivity index (χ1n) is 5.97. The van der Waals surface area contributed by atoms with Crippen LogP contribution in [0.2, 0.25) is 0 Å². The maximum Gasteiger partial charge on any atom is 0.243 e. The molecule has 0 radical (unpaired) electrons. The fourth-order valence-corrected chi connectivity index (χ4v) is 1.92. The third-order valence-corrected chi connectivity index (χ3v) is 3.34. The molecule has 1 N–H and O–H groups in total. The summed E-state index contributed by atoms with van der Waals surface area (Å²) in [6.07, 6.45) is 5.79. The third kappa shape index (κ3) is 5.52.